The molecule has 0 bridgehead atoms. The van der Waals surface area contributed by atoms with Crippen molar-refractivity contribution in [2.24, 2.45) is 0 Å². The highest BCUT2D eigenvalue weighted by Crippen LogP contribution is 2.39. The lowest BCUT2D eigenvalue weighted by Crippen LogP contribution is -2.40. The van der Waals surface area contributed by atoms with E-state index in [9.17, 15) is 5.11 Å². The van der Waals surface area contributed by atoms with Crippen molar-refractivity contribution in [2.45, 2.75) is 50.7 Å². The Balaban J connectivity index is 2.01. The average Bonchev–Trinajstić information content (AvgIpc) is 2.39. The van der Waals surface area contributed by atoms with E-state index in [2.05, 4.69) is 17.2 Å². The molecule has 1 aliphatic rings. The second-order valence-corrected chi connectivity index (χ2v) is 5.22. The number of nitrogens with two attached hydrogens (primary N) is 1. The summed E-state index contributed by atoms with van der Waals surface area (Å²) in [5.74, 6) is 0. The van der Waals surface area contributed by atoms with E-state index in [4.69, 9.17) is 5.73 Å². The number of anilines is 1. The number of hydrogen-bond acceptors (Lipinski definition) is 4. The lowest BCUT2D eigenvalue weighted by molar-refractivity contribution is -0.00786. The minimum Gasteiger partial charge on any atom is -0.398 e. The van der Waals surface area contributed by atoms with Crippen LogP contribution in [0.25, 0.3) is 0 Å². The molecular formula is C14H23N3O. The molecule has 18 heavy (non-hydrogen) atoms. The summed E-state index contributed by atoms with van der Waals surface area (Å²) in [4.78, 5) is 4.08. The van der Waals surface area contributed by atoms with Gasteiger partial charge in [0.25, 0.3) is 0 Å². The molecule has 4 N–H and O–H groups in total. The monoisotopic (exact) mass is 249 g/mol. The first-order valence-electron chi connectivity index (χ1n) is 6.81. The van der Waals surface area contributed by atoms with Crippen LogP contribution in [-0.4, -0.2) is 22.7 Å². The first-order chi connectivity index (χ1) is 8.65. The van der Waals surface area contributed by atoms with Crippen LogP contribution in [-0.2, 0) is 5.60 Å². The van der Waals surface area contributed by atoms with Crippen LogP contribution in [0.5, 0.6) is 0 Å². The van der Waals surface area contributed by atoms with E-state index in [0.29, 0.717) is 11.7 Å². The van der Waals surface area contributed by atoms with Crippen molar-refractivity contribution in [3.05, 3.63) is 24.0 Å². The Morgan fingerprint density at radius 2 is 2.22 bits per heavy atom. The molecule has 4 nitrogen and oxygen atoms in total. The Kier molecular flexibility index (Phi) is 4.19. The highest BCUT2D eigenvalue weighted by molar-refractivity contribution is 5.47. The van der Waals surface area contributed by atoms with Crippen LogP contribution in [0.1, 0.15) is 44.6 Å². The van der Waals surface area contributed by atoms with E-state index < -0.39 is 5.60 Å². The van der Waals surface area contributed by atoms with E-state index in [-0.39, 0.29) is 0 Å². The molecule has 1 aromatic heterocycles. The van der Waals surface area contributed by atoms with Crippen LogP contribution in [0.4, 0.5) is 5.69 Å². The Morgan fingerprint density at radius 1 is 1.50 bits per heavy atom. The zero-order chi connectivity index (χ0) is 13.0. The molecule has 1 aromatic rings. The summed E-state index contributed by atoms with van der Waals surface area (Å²) >= 11 is 0. The smallest absolute Gasteiger partial charge is 0.0932 e. The predicted octanol–water partition coefficient (Wildman–Crippen LogP) is 1.79. The average molecular weight is 249 g/mol. The lowest BCUT2D eigenvalue weighted by Gasteiger charge is -2.37. The first-order valence-corrected chi connectivity index (χ1v) is 6.81. The molecule has 0 atom stereocenters. The number of rotatable bonds is 4. The van der Waals surface area contributed by atoms with Crippen molar-refractivity contribution >= 4 is 5.69 Å². The van der Waals surface area contributed by atoms with Crippen LogP contribution in [0, 0.1) is 0 Å². The van der Waals surface area contributed by atoms with Crippen molar-refractivity contribution in [1.82, 2.24) is 10.3 Å². The number of nitrogens with zero attached hydrogens (tertiary/aromatic N) is 1. The number of pyridine rings is 1. The van der Waals surface area contributed by atoms with E-state index in [1.54, 1.807) is 18.5 Å². The summed E-state index contributed by atoms with van der Waals surface area (Å²) < 4.78 is 0. The number of hydrogen-bond donors (Lipinski definition) is 3. The second-order valence-electron chi connectivity index (χ2n) is 5.22. The molecule has 0 saturated heterocycles. The molecule has 4 heteroatoms. The van der Waals surface area contributed by atoms with Crippen LogP contribution in [0.2, 0.25) is 0 Å². The zero-order valence-corrected chi connectivity index (χ0v) is 11.0. The normalized spacial score (nSPS) is 28.2. The lowest BCUT2D eigenvalue weighted by atomic mass is 9.77. The fourth-order valence-electron chi connectivity index (χ4n) is 2.71. The number of aromatic nitrogens is 1. The predicted molar refractivity (Wildman–Crippen MR) is 73.1 cm³/mol. The summed E-state index contributed by atoms with van der Waals surface area (Å²) in [6, 6.07) is 2.29. The second kappa shape index (κ2) is 5.67. The third-order valence-electron chi connectivity index (χ3n) is 3.85. The summed E-state index contributed by atoms with van der Waals surface area (Å²) in [5.41, 5.74) is 6.58. The van der Waals surface area contributed by atoms with Crippen LogP contribution >= 0.6 is 0 Å². The van der Waals surface area contributed by atoms with E-state index in [0.717, 1.165) is 44.2 Å². The third kappa shape index (κ3) is 2.82. The van der Waals surface area contributed by atoms with Crippen LogP contribution < -0.4 is 11.1 Å². The molecular weight excluding hydrogens is 226 g/mol. The van der Waals surface area contributed by atoms with Gasteiger partial charge in [-0.15, -0.1) is 0 Å². The van der Waals surface area contributed by atoms with Crippen molar-refractivity contribution < 1.29 is 5.11 Å². The summed E-state index contributed by atoms with van der Waals surface area (Å²) in [7, 11) is 0. The maximum Gasteiger partial charge on any atom is 0.0932 e. The van der Waals surface area contributed by atoms with Crippen LogP contribution in [0.15, 0.2) is 18.5 Å². The van der Waals surface area contributed by atoms with Gasteiger partial charge in [0, 0.05) is 29.7 Å². The molecule has 100 valence electrons. The maximum atomic E-state index is 10.7. The van der Waals surface area contributed by atoms with Gasteiger partial charge < -0.3 is 16.2 Å². The molecule has 0 aliphatic heterocycles. The Labute approximate surface area is 109 Å². The Morgan fingerprint density at radius 3 is 2.83 bits per heavy atom. The van der Waals surface area contributed by atoms with Crippen molar-refractivity contribution in [3.8, 4) is 0 Å². The standard InChI is InChI=1S/C14H23N3O/c1-2-8-17-11-3-6-14(18,7-4-11)12-10-16-9-5-13(12)15/h5,9-11,17-18H,2-4,6-8H2,1H3,(H2,15,16). The molecule has 0 unspecified atom stereocenters. The maximum absolute atomic E-state index is 10.7. The van der Waals surface area contributed by atoms with Crippen molar-refractivity contribution in [2.75, 3.05) is 12.3 Å². The molecule has 1 aliphatic carbocycles. The highest BCUT2D eigenvalue weighted by Gasteiger charge is 2.36. The van der Waals surface area contributed by atoms with Gasteiger partial charge in [0.05, 0.1) is 5.60 Å². The molecule has 2 rings (SSSR count). The van der Waals surface area contributed by atoms with E-state index >= 15 is 0 Å². The van der Waals surface area contributed by atoms with Gasteiger partial charge in [-0.05, 0) is 44.7 Å². The SMILES string of the molecule is CCCNC1CCC(O)(c2cnccc2N)CC1. The summed E-state index contributed by atoms with van der Waals surface area (Å²) in [6.07, 6.45) is 8.01. The van der Waals surface area contributed by atoms with Gasteiger partial charge in [-0.3, -0.25) is 4.98 Å². The van der Waals surface area contributed by atoms with Gasteiger partial charge in [0.1, 0.15) is 0 Å². The number of aliphatic hydroxyl groups is 1. The van der Waals surface area contributed by atoms with Gasteiger partial charge >= 0.3 is 0 Å². The minimum absolute atomic E-state index is 0.531. The van der Waals surface area contributed by atoms with Gasteiger partial charge in [-0.2, -0.15) is 0 Å². The van der Waals surface area contributed by atoms with Crippen molar-refractivity contribution in [1.29, 1.82) is 0 Å². The largest absolute Gasteiger partial charge is 0.398 e. The number of nitrogens with one attached hydrogen (secondary N) is 1. The summed E-state index contributed by atoms with van der Waals surface area (Å²) in [5, 5.41) is 14.2. The van der Waals surface area contributed by atoms with E-state index in [1.165, 1.54) is 0 Å². The molecule has 0 spiro atoms. The Bertz CT molecular complexity index is 386. The van der Waals surface area contributed by atoms with Gasteiger partial charge in [0.15, 0.2) is 0 Å². The molecule has 0 aromatic carbocycles. The molecule has 1 saturated carbocycles. The molecule has 1 fully saturated rings. The third-order valence-corrected chi connectivity index (χ3v) is 3.85. The highest BCUT2D eigenvalue weighted by atomic mass is 16.3. The van der Waals surface area contributed by atoms with Gasteiger partial charge in [-0.25, -0.2) is 0 Å². The number of nitrogen functional groups attached to an aromatic ring is 1. The molecule has 0 amide bonds. The Hall–Kier alpha value is -1.13. The minimum atomic E-state index is -0.789. The van der Waals surface area contributed by atoms with Crippen LogP contribution in [0.3, 0.4) is 0 Å². The fourth-order valence-corrected chi connectivity index (χ4v) is 2.71. The fraction of sp³-hybridized carbons (Fsp3) is 0.643. The molecule has 1 heterocycles. The van der Waals surface area contributed by atoms with Gasteiger partial charge in [-0.1, -0.05) is 6.92 Å². The van der Waals surface area contributed by atoms with Crippen molar-refractivity contribution in [3.63, 3.8) is 0 Å². The quantitative estimate of drug-likeness (QED) is 0.761. The topological polar surface area (TPSA) is 71.2 Å². The summed E-state index contributed by atoms with van der Waals surface area (Å²) in [6.45, 7) is 3.22. The van der Waals surface area contributed by atoms with E-state index in [1.807, 2.05) is 0 Å². The molecule has 0 radical (unpaired) electrons. The zero-order valence-electron chi connectivity index (χ0n) is 11.0. The first kappa shape index (κ1) is 13.3. The van der Waals surface area contributed by atoms with Gasteiger partial charge in [0.2, 0.25) is 0 Å².